The first-order valence-electron chi connectivity index (χ1n) is 11.7. The number of nitrogens with two attached hydrogens (primary N) is 1. The zero-order valence-electron chi connectivity index (χ0n) is 22.2. The molecular formula is C28H31IN4O5. The van der Waals surface area contributed by atoms with E-state index in [1.807, 2.05) is 86.5 Å². The molecule has 0 saturated carbocycles. The van der Waals surface area contributed by atoms with Crippen molar-refractivity contribution in [3.63, 3.8) is 0 Å². The lowest BCUT2D eigenvalue weighted by Gasteiger charge is -2.17. The number of ether oxygens (including phenoxy) is 2. The van der Waals surface area contributed by atoms with Crippen LogP contribution in [0.3, 0.4) is 0 Å². The normalized spacial score (nSPS) is 10.6. The van der Waals surface area contributed by atoms with Crippen LogP contribution in [-0.2, 0) is 14.3 Å². The Labute approximate surface area is 238 Å². The zero-order valence-corrected chi connectivity index (χ0v) is 24.4. The molecule has 38 heavy (non-hydrogen) atoms. The predicted octanol–water partition coefficient (Wildman–Crippen LogP) is 1.97. The number of anilines is 4. The van der Waals surface area contributed by atoms with Crippen molar-refractivity contribution in [3.8, 4) is 11.1 Å². The highest BCUT2D eigenvalue weighted by atomic mass is 127. The lowest BCUT2D eigenvalue weighted by atomic mass is 9.91. The van der Waals surface area contributed by atoms with E-state index in [2.05, 4.69) is 5.32 Å². The highest BCUT2D eigenvalue weighted by Gasteiger charge is 2.27. The standard InChI is InChI=1S/C28H30N4O5.HI/c1-16(33)35-15-36-28(34)26-21(11-12-22(30-2)27(26)29)25-19-9-7-17(31(3)4)13-23(19)37-24-14-18(32(5)6)8-10-20(24)25;/h7-14,30H,15H2,1-6H3,(H-,29,34);1H. The van der Waals surface area contributed by atoms with Gasteiger partial charge in [0.25, 0.3) is 0 Å². The number of benzene rings is 3. The van der Waals surface area contributed by atoms with Crippen molar-refractivity contribution in [2.24, 2.45) is 0 Å². The van der Waals surface area contributed by atoms with Crippen LogP contribution in [0.1, 0.15) is 17.3 Å². The van der Waals surface area contributed by atoms with E-state index in [4.69, 9.17) is 19.6 Å². The maximum atomic E-state index is 13.3. The Kier molecular flexibility index (Phi) is 8.87. The summed E-state index contributed by atoms with van der Waals surface area (Å²) in [6.45, 7) is 0.728. The van der Waals surface area contributed by atoms with Crippen LogP contribution in [0.2, 0.25) is 0 Å². The largest absolute Gasteiger partial charge is 1.00 e. The first-order chi connectivity index (χ1) is 17.6. The minimum Gasteiger partial charge on any atom is -1.00 e. The summed E-state index contributed by atoms with van der Waals surface area (Å²) in [4.78, 5) is 28.5. The first kappa shape index (κ1) is 28.8. The molecule has 9 nitrogen and oxygen atoms in total. The summed E-state index contributed by atoms with van der Waals surface area (Å²) in [5.74, 6) is -1.26. The number of nitrogen functional groups attached to an aromatic ring is 1. The summed E-state index contributed by atoms with van der Waals surface area (Å²) in [7, 11) is 9.56. The lowest BCUT2D eigenvalue weighted by Crippen LogP contribution is -3.00. The summed E-state index contributed by atoms with van der Waals surface area (Å²) in [6, 6.07) is 15.5. The van der Waals surface area contributed by atoms with Crippen LogP contribution in [0, 0.1) is 0 Å². The van der Waals surface area contributed by atoms with Crippen LogP contribution in [0.15, 0.2) is 52.9 Å². The van der Waals surface area contributed by atoms with Gasteiger partial charge in [0.1, 0.15) is 0 Å². The second kappa shape index (κ2) is 11.7. The number of rotatable bonds is 7. The molecule has 0 spiro atoms. The molecule has 1 heterocycles. The van der Waals surface area contributed by atoms with Gasteiger partial charge in [0.15, 0.2) is 0 Å². The summed E-state index contributed by atoms with van der Waals surface area (Å²) >= 11 is 0. The van der Waals surface area contributed by atoms with E-state index < -0.39 is 18.7 Å². The molecule has 0 atom stereocenters. The van der Waals surface area contributed by atoms with Crippen LogP contribution < -0.4 is 44.8 Å². The third-order valence-corrected chi connectivity index (χ3v) is 6.16. The van der Waals surface area contributed by atoms with E-state index in [1.165, 1.54) is 6.92 Å². The molecule has 200 valence electrons. The Hall–Kier alpha value is -3.80. The van der Waals surface area contributed by atoms with Crippen molar-refractivity contribution in [1.82, 2.24) is 0 Å². The molecule has 1 aromatic heterocycles. The Balaban J connectivity index is 0.00000400. The third kappa shape index (κ3) is 5.54. The summed E-state index contributed by atoms with van der Waals surface area (Å²) in [5.41, 5.74) is 12.0. The van der Waals surface area contributed by atoms with E-state index >= 15 is 0 Å². The molecule has 3 N–H and O–H groups in total. The third-order valence-electron chi connectivity index (χ3n) is 6.16. The van der Waals surface area contributed by atoms with Gasteiger partial charge in [0, 0.05) is 64.7 Å². The van der Waals surface area contributed by atoms with Gasteiger partial charge in [-0.2, -0.15) is 0 Å². The Bertz CT molecular complexity index is 1450. The van der Waals surface area contributed by atoms with Gasteiger partial charge >= 0.3 is 23.1 Å². The number of nitrogens with zero attached hydrogens (tertiary/aromatic N) is 2. The first-order valence-corrected chi connectivity index (χ1v) is 11.7. The second-order valence-corrected chi connectivity index (χ2v) is 9.01. The van der Waals surface area contributed by atoms with Crippen molar-refractivity contribution in [1.29, 1.82) is 0 Å². The molecule has 3 aromatic carbocycles. The van der Waals surface area contributed by atoms with Crippen molar-refractivity contribution in [3.05, 3.63) is 54.1 Å². The average molecular weight is 630 g/mol. The van der Waals surface area contributed by atoms with Gasteiger partial charge in [-0.3, -0.25) is 4.79 Å². The summed E-state index contributed by atoms with van der Waals surface area (Å²) in [5, 5.41) is 4.62. The van der Waals surface area contributed by atoms with Gasteiger partial charge in [0.05, 0.1) is 39.8 Å². The number of hydrogen-bond acceptors (Lipinski definition) is 8. The van der Waals surface area contributed by atoms with E-state index in [0.717, 1.165) is 27.7 Å². The molecule has 0 saturated heterocycles. The fourth-order valence-electron chi connectivity index (χ4n) is 4.22. The van der Waals surface area contributed by atoms with E-state index in [1.54, 1.807) is 7.05 Å². The highest BCUT2D eigenvalue weighted by molar-refractivity contribution is 6.15. The van der Waals surface area contributed by atoms with Gasteiger partial charge in [-0.15, -0.1) is 0 Å². The number of nitrogens with one attached hydrogen (secondary N) is 1. The molecule has 0 fully saturated rings. The molecule has 0 amide bonds. The number of fused-ring (bicyclic) bond motifs is 2. The molecular weight excluding hydrogens is 599 g/mol. The Morgan fingerprint density at radius 3 is 1.92 bits per heavy atom. The van der Waals surface area contributed by atoms with Crippen molar-refractivity contribution >= 4 is 56.6 Å². The van der Waals surface area contributed by atoms with Crippen molar-refractivity contribution in [2.75, 3.05) is 62.9 Å². The number of carbonyl (C=O) groups is 2. The van der Waals surface area contributed by atoms with E-state index in [9.17, 15) is 9.59 Å². The summed E-state index contributed by atoms with van der Waals surface area (Å²) < 4.78 is 16.5. The van der Waals surface area contributed by atoms with Gasteiger partial charge in [0.2, 0.25) is 6.79 Å². The van der Waals surface area contributed by atoms with Gasteiger partial charge in [-0.25, -0.2) is 9.21 Å². The zero-order chi connectivity index (χ0) is 26.9. The highest BCUT2D eigenvalue weighted by Crippen LogP contribution is 2.42. The number of halogens is 1. The predicted molar refractivity (Wildman–Crippen MR) is 148 cm³/mol. The average Bonchev–Trinajstić information content (AvgIpc) is 2.85. The van der Waals surface area contributed by atoms with Gasteiger partial charge in [-0.1, -0.05) is 6.07 Å². The Morgan fingerprint density at radius 2 is 1.45 bits per heavy atom. The van der Waals surface area contributed by atoms with E-state index in [0.29, 0.717) is 22.4 Å². The van der Waals surface area contributed by atoms with Crippen molar-refractivity contribution in [2.45, 2.75) is 6.92 Å². The monoisotopic (exact) mass is 630 g/mol. The van der Waals surface area contributed by atoms with Gasteiger partial charge in [-0.05, 0) is 30.3 Å². The van der Waals surface area contributed by atoms with Crippen LogP contribution in [-0.4, -0.2) is 54.0 Å². The van der Waals surface area contributed by atoms with Crippen molar-refractivity contribution < 1.29 is 47.5 Å². The quantitative estimate of drug-likeness (QED) is 0.0792. The number of esters is 2. The molecule has 4 aromatic rings. The second-order valence-electron chi connectivity index (χ2n) is 9.01. The molecule has 10 heteroatoms. The molecule has 0 aliphatic carbocycles. The van der Waals surface area contributed by atoms with E-state index in [-0.39, 0.29) is 35.2 Å². The molecule has 0 unspecified atom stereocenters. The SMILES string of the molecule is CNc1ccc(-c2c3ccc(N(C)C)cc3[o+]c3cc(N(C)C)ccc23)c(C(=O)OCOC(C)=O)c1N.[I-]. The number of hydrogen-bond donors (Lipinski definition) is 2. The van der Waals surface area contributed by atoms with Crippen LogP contribution >= 0.6 is 0 Å². The maximum absolute atomic E-state index is 13.3. The molecule has 0 radical (unpaired) electrons. The lowest BCUT2D eigenvalue weighted by molar-refractivity contribution is -0.149. The summed E-state index contributed by atoms with van der Waals surface area (Å²) in [6.07, 6.45) is 0. The Morgan fingerprint density at radius 1 is 0.895 bits per heavy atom. The number of carbonyl (C=O) groups excluding carboxylic acids is 2. The smallest absolute Gasteiger partial charge is 0.363 e. The fraction of sp³-hybridized carbons (Fsp3) is 0.250. The van der Waals surface area contributed by atoms with Gasteiger partial charge < -0.3 is 54.3 Å². The molecule has 0 aliphatic heterocycles. The topological polar surface area (TPSA) is 108 Å². The molecule has 4 rings (SSSR count). The molecule has 0 bridgehead atoms. The van der Waals surface area contributed by atoms with Crippen LogP contribution in [0.4, 0.5) is 22.7 Å². The maximum Gasteiger partial charge on any atom is 0.363 e. The van der Waals surface area contributed by atoms with Crippen LogP contribution in [0.5, 0.6) is 0 Å². The minimum atomic E-state index is -0.706. The molecule has 0 aliphatic rings. The van der Waals surface area contributed by atoms with Crippen LogP contribution in [0.25, 0.3) is 33.1 Å². The fourth-order valence-corrected chi connectivity index (χ4v) is 4.22. The minimum absolute atomic E-state index is 0.